The van der Waals surface area contributed by atoms with Crippen molar-refractivity contribution in [3.8, 4) is 0 Å². The molecule has 0 saturated heterocycles. The zero-order valence-electron chi connectivity index (χ0n) is 17.9. The highest BCUT2D eigenvalue weighted by atomic mass is 127. The van der Waals surface area contributed by atoms with E-state index in [1.807, 2.05) is 0 Å². The Morgan fingerprint density at radius 3 is 1.75 bits per heavy atom. The van der Waals surface area contributed by atoms with Crippen molar-refractivity contribution in [1.29, 1.82) is 0 Å². The standard InChI is InChI=1S/C19H41IO2Si2/c1-16(12-14-20)17(22-24(10,11)19(5,6)7)13-15-21-23(8,9)18(2,3)4/h12,14,16-17H,13,15H2,1-11H3/b14-12+/t16-,17-/m0/s1. The molecule has 0 aliphatic carbocycles. The molecule has 0 spiro atoms. The Bertz CT molecular complexity index is 407. The molecule has 2 atom stereocenters. The van der Waals surface area contributed by atoms with Crippen molar-refractivity contribution in [3.63, 3.8) is 0 Å². The first-order chi connectivity index (χ1) is 10.5. The molecule has 0 unspecified atom stereocenters. The zero-order chi connectivity index (χ0) is 19.4. The minimum atomic E-state index is -1.77. The predicted molar refractivity (Wildman–Crippen MR) is 122 cm³/mol. The fourth-order valence-corrected chi connectivity index (χ4v) is 5.03. The van der Waals surface area contributed by atoms with Gasteiger partial charge >= 0.3 is 0 Å². The summed E-state index contributed by atoms with van der Waals surface area (Å²) in [6, 6.07) is 0. The lowest BCUT2D eigenvalue weighted by molar-refractivity contribution is 0.113. The smallest absolute Gasteiger partial charge is 0.192 e. The van der Waals surface area contributed by atoms with Gasteiger partial charge in [-0.3, -0.25) is 0 Å². The number of hydrogen-bond acceptors (Lipinski definition) is 2. The van der Waals surface area contributed by atoms with Gasteiger partial charge in [0.15, 0.2) is 16.6 Å². The first-order valence-corrected chi connectivity index (χ1v) is 16.2. The van der Waals surface area contributed by atoms with Gasteiger partial charge in [0.05, 0.1) is 6.10 Å². The third-order valence-corrected chi connectivity index (χ3v) is 15.3. The third-order valence-electron chi connectivity index (χ3n) is 5.89. The van der Waals surface area contributed by atoms with Crippen LogP contribution in [0.1, 0.15) is 54.9 Å². The van der Waals surface area contributed by atoms with Crippen molar-refractivity contribution in [2.24, 2.45) is 5.92 Å². The predicted octanol–water partition coefficient (Wildman–Crippen LogP) is 7.37. The molecule has 0 aliphatic heterocycles. The van der Waals surface area contributed by atoms with Crippen molar-refractivity contribution in [2.75, 3.05) is 6.61 Å². The van der Waals surface area contributed by atoms with Gasteiger partial charge in [-0.05, 0) is 52.7 Å². The lowest BCUT2D eigenvalue weighted by Gasteiger charge is -2.41. The molecule has 0 aromatic rings. The van der Waals surface area contributed by atoms with Crippen LogP contribution in [0, 0.1) is 5.92 Å². The van der Waals surface area contributed by atoms with Gasteiger partial charge in [-0.1, -0.05) is 77.1 Å². The van der Waals surface area contributed by atoms with Gasteiger partial charge in [0.25, 0.3) is 0 Å². The van der Waals surface area contributed by atoms with Crippen LogP contribution in [-0.2, 0) is 8.85 Å². The Balaban J connectivity index is 5.01. The van der Waals surface area contributed by atoms with E-state index in [1.165, 1.54) is 0 Å². The average Bonchev–Trinajstić information content (AvgIpc) is 2.34. The summed E-state index contributed by atoms with van der Waals surface area (Å²) in [5.41, 5.74) is 0. The summed E-state index contributed by atoms with van der Waals surface area (Å²) in [5.74, 6) is 0.416. The lowest BCUT2D eigenvalue weighted by atomic mass is 10.0. The molecule has 24 heavy (non-hydrogen) atoms. The van der Waals surface area contributed by atoms with Gasteiger partial charge in [-0.15, -0.1) is 0 Å². The van der Waals surface area contributed by atoms with Gasteiger partial charge in [0, 0.05) is 6.61 Å². The molecule has 0 rings (SSSR count). The van der Waals surface area contributed by atoms with Crippen LogP contribution in [-0.4, -0.2) is 29.3 Å². The Morgan fingerprint density at radius 2 is 1.38 bits per heavy atom. The Labute approximate surface area is 167 Å². The fourth-order valence-electron chi connectivity index (χ4n) is 1.87. The van der Waals surface area contributed by atoms with E-state index in [9.17, 15) is 0 Å². The Hall–Kier alpha value is 0.824. The maximum Gasteiger partial charge on any atom is 0.192 e. The number of rotatable bonds is 8. The molecule has 0 radical (unpaired) electrons. The molecule has 0 saturated carbocycles. The van der Waals surface area contributed by atoms with Crippen LogP contribution in [0.5, 0.6) is 0 Å². The molecular formula is C19H41IO2Si2. The van der Waals surface area contributed by atoms with Crippen LogP contribution in [0.2, 0.25) is 36.3 Å². The normalized spacial score (nSPS) is 17.3. The van der Waals surface area contributed by atoms with Crippen LogP contribution in [0.15, 0.2) is 10.2 Å². The van der Waals surface area contributed by atoms with E-state index in [4.69, 9.17) is 8.85 Å². The quantitative estimate of drug-likeness (QED) is 0.264. The molecule has 0 aromatic carbocycles. The van der Waals surface area contributed by atoms with Crippen LogP contribution in [0.3, 0.4) is 0 Å². The lowest BCUT2D eigenvalue weighted by Crippen LogP contribution is -2.46. The maximum atomic E-state index is 6.74. The fraction of sp³-hybridized carbons (Fsp3) is 0.895. The molecule has 0 N–H and O–H groups in total. The zero-order valence-corrected chi connectivity index (χ0v) is 22.1. The molecule has 144 valence electrons. The van der Waals surface area contributed by atoms with Gasteiger partial charge in [-0.2, -0.15) is 0 Å². The summed E-state index contributed by atoms with van der Waals surface area (Å²) >= 11 is 2.30. The largest absolute Gasteiger partial charge is 0.417 e. The Kier molecular flexibility index (Phi) is 9.47. The second-order valence-electron chi connectivity index (χ2n) is 9.99. The summed E-state index contributed by atoms with van der Waals surface area (Å²) in [4.78, 5) is 0. The van der Waals surface area contributed by atoms with Crippen molar-refractivity contribution < 1.29 is 8.85 Å². The molecule has 5 heteroatoms. The molecule has 0 aliphatic rings. The monoisotopic (exact) mass is 484 g/mol. The second kappa shape index (κ2) is 9.15. The van der Waals surface area contributed by atoms with Crippen LogP contribution in [0.25, 0.3) is 0 Å². The minimum absolute atomic E-state index is 0.235. The first kappa shape index (κ1) is 24.8. The van der Waals surface area contributed by atoms with E-state index in [2.05, 4.69) is 107 Å². The molecule has 0 bridgehead atoms. The number of hydrogen-bond donors (Lipinski definition) is 0. The van der Waals surface area contributed by atoms with E-state index in [0.717, 1.165) is 13.0 Å². The van der Waals surface area contributed by atoms with E-state index < -0.39 is 16.6 Å². The highest BCUT2D eigenvalue weighted by Crippen LogP contribution is 2.39. The van der Waals surface area contributed by atoms with E-state index in [-0.39, 0.29) is 16.2 Å². The number of halogens is 1. The van der Waals surface area contributed by atoms with Gasteiger partial charge in [0.1, 0.15) is 0 Å². The Morgan fingerprint density at radius 1 is 0.917 bits per heavy atom. The molecule has 0 aromatic heterocycles. The molecule has 0 heterocycles. The van der Waals surface area contributed by atoms with E-state index >= 15 is 0 Å². The van der Waals surface area contributed by atoms with Crippen molar-refractivity contribution >= 4 is 39.2 Å². The summed E-state index contributed by atoms with van der Waals surface area (Å²) in [7, 11) is -3.46. The highest BCUT2D eigenvalue weighted by molar-refractivity contribution is 14.1. The molecule has 2 nitrogen and oxygen atoms in total. The van der Waals surface area contributed by atoms with E-state index in [0.29, 0.717) is 5.92 Å². The SMILES string of the molecule is C[C@@H](/C=C/I)[C@H](CCO[Si](C)(C)C(C)(C)C)O[Si](C)(C)C(C)(C)C. The summed E-state index contributed by atoms with van der Waals surface area (Å²) < 4.78 is 15.2. The first-order valence-electron chi connectivity index (χ1n) is 9.14. The topological polar surface area (TPSA) is 18.5 Å². The van der Waals surface area contributed by atoms with Crippen molar-refractivity contribution in [1.82, 2.24) is 0 Å². The van der Waals surface area contributed by atoms with Gasteiger partial charge in [0.2, 0.25) is 0 Å². The summed E-state index contributed by atoms with van der Waals surface area (Å²) in [6.07, 6.45) is 3.47. The third kappa shape index (κ3) is 7.60. The van der Waals surface area contributed by atoms with E-state index in [1.54, 1.807) is 0 Å². The van der Waals surface area contributed by atoms with Crippen LogP contribution in [0.4, 0.5) is 0 Å². The summed E-state index contributed by atoms with van der Waals surface area (Å²) in [6.45, 7) is 26.2. The minimum Gasteiger partial charge on any atom is -0.417 e. The van der Waals surface area contributed by atoms with Gasteiger partial charge < -0.3 is 8.85 Å². The van der Waals surface area contributed by atoms with Crippen LogP contribution < -0.4 is 0 Å². The second-order valence-corrected chi connectivity index (χ2v) is 20.3. The molecule has 0 amide bonds. The molecule has 0 fully saturated rings. The summed E-state index contributed by atoms with van der Waals surface area (Å²) in [5, 5.41) is 0.496. The average molecular weight is 485 g/mol. The van der Waals surface area contributed by atoms with Crippen molar-refractivity contribution in [2.45, 2.75) is 97.3 Å². The van der Waals surface area contributed by atoms with Crippen LogP contribution >= 0.6 is 22.6 Å². The highest BCUT2D eigenvalue weighted by Gasteiger charge is 2.40. The maximum absolute atomic E-state index is 6.74. The van der Waals surface area contributed by atoms with Gasteiger partial charge in [-0.25, -0.2) is 0 Å². The molecular weight excluding hydrogens is 443 g/mol. The van der Waals surface area contributed by atoms with Crippen molar-refractivity contribution in [3.05, 3.63) is 10.2 Å².